The van der Waals surface area contributed by atoms with Crippen molar-refractivity contribution in [1.82, 2.24) is 15.2 Å². The molecule has 0 fully saturated rings. The van der Waals surface area contributed by atoms with E-state index < -0.39 is 18.6 Å². The molecule has 1 heterocycles. The topological polar surface area (TPSA) is 129 Å². The van der Waals surface area contributed by atoms with E-state index in [1.54, 1.807) is 0 Å². The van der Waals surface area contributed by atoms with Crippen molar-refractivity contribution in [1.29, 1.82) is 0 Å². The maximum absolute atomic E-state index is 11.9. The van der Waals surface area contributed by atoms with Gasteiger partial charge in [0.15, 0.2) is 0 Å². The fraction of sp³-hybridized carbons (Fsp3) is 0.750. The number of sulfone groups is 1. The lowest BCUT2D eigenvalue weighted by molar-refractivity contribution is 0.123. The molecule has 1 rings (SSSR count). The van der Waals surface area contributed by atoms with Gasteiger partial charge < -0.3 is 19.0 Å². The van der Waals surface area contributed by atoms with Crippen LogP contribution in [0.15, 0.2) is 5.16 Å². The average molecular weight is 310 g/mol. The minimum Gasteiger partial charge on any atom is -0.377 e. The zero-order chi connectivity index (χ0) is 14.5. The van der Waals surface area contributed by atoms with Gasteiger partial charge in [-0.1, -0.05) is 0 Å². The van der Waals surface area contributed by atoms with Gasteiger partial charge in [0.2, 0.25) is 20.9 Å². The van der Waals surface area contributed by atoms with Gasteiger partial charge in [0.1, 0.15) is 0 Å². The number of nitrogen functional groups attached to an aromatic ring is 1. The van der Waals surface area contributed by atoms with Gasteiger partial charge >= 0.3 is 8.80 Å². The van der Waals surface area contributed by atoms with Crippen molar-refractivity contribution < 1.29 is 21.7 Å². The van der Waals surface area contributed by atoms with Crippen LogP contribution in [0.1, 0.15) is 6.42 Å². The van der Waals surface area contributed by atoms with E-state index in [1.165, 1.54) is 21.3 Å². The molecular weight excluding hydrogens is 292 g/mol. The molecule has 0 aliphatic carbocycles. The summed E-state index contributed by atoms with van der Waals surface area (Å²) in [5.41, 5.74) is 5.29. The van der Waals surface area contributed by atoms with Crippen molar-refractivity contribution in [2.75, 3.05) is 32.8 Å². The third-order valence-electron chi connectivity index (χ3n) is 2.61. The number of hydrogen-bond donors (Lipinski definition) is 2. The molecule has 1 aromatic heterocycles. The van der Waals surface area contributed by atoms with Crippen LogP contribution in [0, 0.1) is 0 Å². The predicted octanol–water partition coefficient (Wildman–Crippen LogP) is -0.571. The molecule has 3 N–H and O–H groups in total. The molecule has 0 saturated heterocycles. The van der Waals surface area contributed by atoms with Gasteiger partial charge in [-0.05, 0) is 6.42 Å². The highest BCUT2D eigenvalue weighted by Gasteiger charge is 2.37. The first-order chi connectivity index (χ1) is 8.89. The molecule has 110 valence electrons. The third kappa shape index (κ3) is 3.97. The molecule has 0 bridgehead atoms. The number of nitrogens with two attached hydrogens (primary N) is 1. The van der Waals surface area contributed by atoms with E-state index in [4.69, 9.17) is 19.0 Å². The second-order valence-corrected chi connectivity index (χ2v) is 8.85. The van der Waals surface area contributed by atoms with E-state index in [9.17, 15) is 8.42 Å². The smallest absolute Gasteiger partial charge is 0.377 e. The number of anilines is 1. The van der Waals surface area contributed by atoms with Crippen molar-refractivity contribution in [3.05, 3.63) is 0 Å². The van der Waals surface area contributed by atoms with Gasteiger partial charge in [-0.2, -0.15) is 0 Å². The van der Waals surface area contributed by atoms with Crippen LogP contribution < -0.4 is 5.73 Å². The summed E-state index contributed by atoms with van der Waals surface area (Å²) in [4.78, 5) is 2.39. The highest BCUT2D eigenvalue weighted by atomic mass is 32.2. The first-order valence-electron chi connectivity index (χ1n) is 5.45. The van der Waals surface area contributed by atoms with Crippen LogP contribution in [0.3, 0.4) is 0 Å². The Labute approximate surface area is 112 Å². The Morgan fingerprint density at radius 1 is 1.21 bits per heavy atom. The van der Waals surface area contributed by atoms with Crippen LogP contribution in [-0.4, -0.2) is 59.5 Å². The Bertz CT molecular complexity index is 493. The lowest BCUT2D eigenvalue weighted by Gasteiger charge is -2.23. The summed E-state index contributed by atoms with van der Waals surface area (Å²) < 4.78 is 39.4. The standard InChI is InChI=1S/C8H18N4O5SSi/c1-15-19(16-2,17-3)6-4-5-18(13,14)8-10-7(9)11-12-8/h4-6H2,1-3H3,(H3,9,10,11,12). The zero-order valence-corrected chi connectivity index (χ0v) is 12.9. The Morgan fingerprint density at radius 2 is 1.79 bits per heavy atom. The lowest BCUT2D eigenvalue weighted by Crippen LogP contribution is -2.42. The van der Waals surface area contributed by atoms with Crippen LogP contribution in [0.25, 0.3) is 0 Å². The summed E-state index contributed by atoms with van der Waals surface area (Å²) in [7, 11) is -1.86. The van der Waals surface area contributed by atoms with Crippen molar-refractivity contribution >= 4 is 24.6 Å². The molecular formula is C8H18N4O5SSi. The van der Waals surface area contributed by atoms with Crippen molar-refractivity contribution in [2.45, 2.75) is 17.6 Å². The van der Waals surface area contributed by atoms with Crippen LogP contribution >= 0.6 is 0 Å². The Morgan fingerprint density at radius 3 is 2.21 bits per heavy atom. The second kappa shape index (κ2) is 6.43. The fourth-order valence-corrected chi connectivity index (χ4v) is 4.65. The Balaban J connectivity index is 2.62. The minimum atomic E-state index is -3.54. The van der Waals surface area contributed by atoms with E-state index in [1.807, 2.05) is 0 Å². The molecule has 0 atom stereocenters. The van der Waals surface area contributed by atoms with Crippen LogP contribution in [-0.2, 0) is 23.1 Å². The van der Waals surface area contributed by atoms with Crippen LogP contribution in [0.5, 0.6) is 0 Å². The number of H-pyrrole nitrogens is 1. The number of nitrogens with zero attached hydrogens (tertiary/aromatic N) is 2. The number of nitrogens with one attached hydrogen (secondary N) is 1. The van der Waals surface area contributed by atoms with Crippen molar-refractivity contribution in [2.24, 2.45) is 0 Å². The predicted molar refractivity (Wildman–Crippen MR) is 69.1 cm³/mol. The van der Waals surface area contributed by atoms with Crippen molar-refractivity contribution in [3.8, 4) is 0 Å². The average Bonchev–Trinajstić information content (AvgIpc) is 2.83. The molecule has 9 nitrogen and oxygen atoms in total. The van der Waals surface area contributed by atoms with E-state index in [2.05, 4.69) is 15.2 Å². The molecule has 19 heavy (non-hydrogen) atoms. The van der Waals surface area contributed by atoms with Gasteiger partial charge in [0.25, 0.3) is 0 Å². The van der Waals surface area contributed by atoms with Crippen molar-refractivity contribution in [3.63, 3.8) is 0 Å². The van der Waals surface area contributed by atoms with E-state index in [0.717, 1.165) is 0 Å². The minimum absolute atomic E-state index is 0.0343. The lowest BCUT2D eigenvalue weighted by atomic mass is 10.6. The fourth-order valence-electron chi connectivity index (χ4n) is 1.53. The van der Waals surface area contributed by atoms with Gasteiger partial charge in [-0.3, -0.25) is 4.98 Å². The van der Waals surface area contributed by atoms with E-state index >= 15 is 0 Å². The quantitative estimate of drug-likeness (QED) is 0.610. The molecule has 0 amide bonds. The van der Waals surface area contributed by atoms with Gasteiger partial charge in [0, 0.05) is 27.4 Å². The second-order valence-electron chi connectivity index (χ2n) is 3.73. The van der Waals surface area contributed by atoms with Gasteiger partial charge in [-0.15, -0.1) is 10.2 Å². The molecule has 0 aromatic carbocycles. The Hall–Kier alpha value is -1.01. The molecule has 0 aliphatic rings. The summed E-state index contributed by atoms with van der Waals surface area (Å²) in [5, 5.41) is 6.65. The molecule has 11 heteroatoms. The maximum atomic E-state index is 11.9. The van der Waals surface area contributed by atoms with Crippen LogP contribution in [0.4, 0.5) is 5.95 Å². The van der Waals surface area contributed by atoms with Gasteiger partial charge in [0.05, 0.1) is 5.75 Å². The normalized spacial score (nSPS) is 12.8. The summed E-state index contributed by atoms with van der Waals surface area (Å²) in [5.74, 6) is -0.153. The highest BCUT2D eigenvalue weighted by Crippen LogP contribution is 2.17. The Kier molecular flexibility index (Phi) is 5.43. The number of aromatic nitrogens is 3. The highest BCUT2D eigenvalue weighted by molar-refractivity contribution is 7.91. The van der Waals surface area contributed by atoms with E-state index in [-0.39, 0.29) is 16.9 Å². The SMILES string of the molecule is CO[Si](CCCS(=O)(=O)c1nnc(N)[nH]1)(OC)OC. The van der Waals surface area contributed by atoms with E-state index in [0.29, 0.717) is 12.5 Å². The van der Waals surface area contributed by atoms with Crippen LogP contribution in [0.2, 0.25) is 6.04 Å². The molecule has 0 unspecified atom stereocenters. The molecule has 0 spiro atoms. The third-order valence-corrected chi connectivity index (χ3v) is 7.04. The first kappa shape index (κ1) is 16.0. The van der Waals surface area contributed by atoms with Gasteiger partial charge in [-0.25, -0.2) is 8.42 Å². The zero-order valence-electron chi connectivity index (χ0n) is 11.0. The number of aromatic amines is 1. The molecule has 1 aromatic rings. The molecule has 0 radical (unpaired) electrons. The summed E-state index contributed by atoms with van der Waals surface area (Å²) in [6.45, 7) is 0. The largest absolute Gasteiger partial charge is 0.500 e. The molecule has 0 saturated carbocycles. The number of hydrogen-bond acceptors (Lipinski definition) is 8. The summed E-state index contributed by atoms with van der Waals surface area (Å²) in [6, 6.07) is 0.388. The summed E-state index contributed by atoms with van der Waals surface area (Å²) >= 11 is 0. The monoisotopic (exact) mass is 310 g/mol. The maximum Gasteiger partial charge on any atom is 0.500 e. The first-order valence-corrected chi connectivity index (χ1v) is 9.04. The number of rotatable bonds is 8. The summed E-state index contributed by atoms with van der Waals surface area (Å²) in [6.07, 6.45) is 0.324. The molecule has 0 aliphatic heterocycles.